The number of aromatic nitrogens is 2. The number of carbonyl (C=O) groups is 1. The molecule has 0 aliphatic carbocycles. The lowest BCUT2D eigenvalue weighted by atomic mass is 10.1. The van der Waals surface area contributed by atoms with Crippen LogP contribution in [-0.2, 0) is 13.2 Å². The van der Waals surface area contributed by atoms with Gasteiger partial charge in [0.05, 0.1) is 28.8 Å². The molecule has 0 atom stereocenters. The van der Waals surface area contributed by atoms with Gasteiger partial charge in [-0.05, 0) is 69.6 Å². The molecule has 9 nitrogen and oxygen atoms in total. The molecule has 3 heterocycles. The summed E-state index contributed by atoms with van der Waals surface area (Å²) in [4.78, 5) is 17.0. The number of hydrogen-bond acceptors (Lipinski definition) is 7. The highest BCUT2D eigenvalue weighted by Crippen LogP contribution is 2.38. The molecule has 43 heavy (non-hydrogen) atoms. The number of benzene rings is 2. The van der Waals surface area contributed by atoms with E-state index in [4.69, 9.17) is 0 Å². The third-order valence-corrected chi connectivity index (χ3v) is 8.09. The number of anilines is 3. The van der Waals surface area contributed by atoms with E-state index in [0.717, 1.165) is 48.4 Å². The van der Waals surface area contributed by atoms with Gasteiger partial charge in [-0.2, -0.15) is 18.3 Å². The molecule has 1 amide bonds. The fraction of sp³-hybridized carbons (Fsp3) is 0.400. The Kier molecular flexibility index (Phi) is 8.39. The number of likely N-dealkylation sites (N-methyl/N-ethyl adjacent to an activating group) is 1. The second-order valence-electron chi connectivity index (χ2n) is 11.1. The number of hydrazine groups is 2. The van der Waals surface area contributed by atoms with Crippen LogP contribution in [0.15, 0.2) is 42.7 Å². The number of alkyl halides is 3. The first-order valence-electron chi connectivity index (χ1n) is 14.1. The van der Waals surface area contributed by atoms with Crippen molar-refractivity contribution in [2.45, 2.75) is 32.9 Å². The Bertz CT molecular complexity index is 1540. The van der Waals surface area contributed by atoms with Crippen LogP contribution < -0.4 is 20.8 Å². The zero-order valence-corrected chi connectivity index (χ0v) is 24.9. The Morgan fingerprint density at radius 3 is 2.49 bits per heavy atom. The molecule has 2 N–H and O–H groups in total. The lowest BCUT2D eigenvalue weighted by Gasteiger charge is -2.25. The van der Waals surface area contributed by atoms with Gasteiger partial charge in [-0.3, -0.25) is 19.5 Å². The number of amides is 1. The Morgan fingerprint density at radius 1 is 1.12 bits per heavy atom. The molecule has 2 aromatic carbocycles. The van der Waals surface area contributed by atoms with Gasteiger partial charge in [-0.1, -0.05) is 6.07 Å². The standard InChI is InChI=1S/C30H36F4N8O/c1-19-8-9-21(14-25(19)42-18-27(40(5)37-42)23-17-35-39(4)20(23)2)29(43)36-22-15-24(30(32,33)34)28(31)26(16-22)38(3)12-13-41-10-6-7-11-41/h8-9,14-18,37H,6-7,10-13H2,1-5H3,(H,36,43). The summed E-state index contributed by atoms with van der Waals surface area (Å²) in [6, 6.07) is 6.90. The van der Waals surface area contributed by atoms with Crippen LogP contribution in [0, 0.1) is 19.7 Å². The predicted molar refractivity (Wildman–Crippen MR) is 159 cm³/mol. The minimum atomic E-state index is -4.93. The zero-order valence-electron chi connectivity index (χ0n) is 24.9. The minimum Gasteiger partial charge on any atom is -0.371 e. The topological polar surface area (TPSA) is 71.9 Å². The van der Waals surface area contributed by atoms with Gasteiger partial charge < -0.3 is 15.1 Å². The monoisotopic (exact) mass is 600 g/mol. The summed E-state index contributed by atoms with van der Waals surface area (Å²) >= 11 is 0. The molecule has 0 spiro atoms. The molecule has 0 saturated carbocycles. The Hall–Kier alpha value is -4.10. The Labute approximate surface area is 248 Å². The normalized spacial score (nSPS) is 15.8. The SMILES string of the molecule is Cc1ccc(C(=O)Nc2cc(N(C)CCN3CCCC3)c(F)c(C(F)(F)F)c2)cc1N1C=C(c2cnn(C)c2C)N(C)N1. The molecule has 0 radical (unpaired) electrons. The molecule has 1 saturated heterocycles. The number of rotatable bonds is 8. The zero-order chi connectivity index (χ0) is 31.1. The quantitative estimate of drug-likeness (QED) is 0.347. The van der Waals surface area contributed by atoms with Gasteiger partial charge in [0, 0.05) is 62.9 Å². The highest BCUT2D eigenvalue weighted by molar-refractivity contribution is 6.05. The Morgan fingerprint density at radius 2 is 1.84 bits per heavy atom. The van der Waals surface area contributed by atoms with E-state index in [2.05, 4.69) is 20.9 Å². The van der Waals surface area contributed by atoms with Crippen LogP contribution >= 0.6 is 0 Å². The summed E-state index contributed by atoms with van der Waals surface area (Å²) in [6.45, 7) is 6.64. The number of nitrogens with zero attached hydrogens (tertiary/aromatic N) is 6. The number of aryl methyl sites for hydroxylation is 2. The lowest BCUT2D eigenvalue weighted by Crippen LogP contribution is -2.38. The van der Waals surface area contributed by atoms with Crippen molar-refractivity contribution in [2.75, 3.05) is 55.5 Å². The number of likely N-dealkylation sites (tertiary alicyclic amines) is 1. The summed E-state index contributed by atoms with van der Waals surface area (Å²) in [5, 5.41) is 10.5. The van der Waals surface area contributed by atoms with Crippen LogP contribution in [0.2, 0.25) is 0 Å². The fourth-order valence-electron chi connectivity index (χ4n) is 5.37. The van der Waals surface area contributed by atoms with Crippen LogP contribution in [0.5, 0.6) is 0 Å². The van der Waals surface area contributed by atoms with Crippen molar-refractivity contribution in [3.63, 3.8) is 0 Å². The molecule has 5 rings (SSSR count). The molecule has 13 heteroatoms. The Balaban J connectivity index is 1.40. The van der Waals surface area contributed by atoms with Gasteiger partial charge in [0.25, 0.3) is 5.91 Å². The number of carbonyl (C=O) groups excluding carboxylic acids is 1. The van der Waals surface area contributed by atoms with E-state index in [1.54, 1.807) is 41.1 Å². The van der Waals surface area contributed by atoms with Gasteiger partial charge in [-0.25, -0.2) is 4.39 Å². The van der Waals surface area contributed by atoms with Gasteiger partial charge in [0.1, 0.15) is 0 Å². The highest BCUT2D eigenvalue weighted by atomic mass is 19.4. The average molecular weight is 601 g/mol. The summed E-state index contributed by atoms with van der Waals surface area (Å²) in [6.07, 6.45) is 0.870. The summed E-state index contributed by atoms with van der Waals surface area (Å²) in [5.74, 6) is -1.98. The van der Waals surface area contributed by atoms with E-state index in [-0.39, 0.29) is 16.9 Å². The van der Waals surface area contributed by atoms with Crippen LogP contribution in [0.1, 0.15) is 45.6 Å². The maximum absolute atomic E-state index is 15.1. The molecule has 1 fully saturated rings. The molecule has 2 aliphatic heterocycles. The fourth-order valence-corrected chi connectivity index (χ4v) is 5.37. The van der Waals surface area contributed by atoms with E-state index in [0.29, 0.717) is 24.8 Å². The summed E-state index contributed by atoms with van der Waals surface area (Å²) < 4.78 is 58.4. The van der Waals surface area contributed by atoms with Crippen LogP contribution in [0.4, 0.5) is 34.6 Å². The minimum absolute atomic E-state index is 0.142. The third-order valence-electron chi connectivity index (χ3n) is 8.09. The molecular formula is C30H36F4N8O. The van der Waals surface area contributed by atoms with E-state index in [1.165, 1.54) is 11.0 Å². The molecule has 2 aliphatic rings. The van der Waals surface area contributed by atoms with Gasteiger partial charge >= 0.3 is 6.18 Å². The largest absolute Gasteiger partial charge is 0.419 e. The second-order valence-corrected chi connectivity index (χ2v) is 11.1. The predicted octanol–water partition coefficient (Wildman–Crippen LogP) is 5.15. The lowest BCUT2D eigenvalue weighted by molar-refractivity contribution is -0.139. The molecule has 3 aromatic rings. The van der Waals surface area contributed by atoms with Gasteiger partial charge in [-0.15, -0.1) is 5.53 Å². The second kappa shape index (κ2) is 11.9. The molecule has 230 valence electrons. The number of halogens is 4. The highest BCUT2D eigenvalue weighted by Gasteiger charge is 2.36. The van der Waals surface area contributed by atoms with Crippen molar-refractivity contribution in [3.8, 4) is 0 Å². The van der Waals surface area contributed by atoms with Crippen LogP contribution in [0.25, 0.3) is 5.70 Å². The molecule has 1 aromatic heterocycles. The molecule has 0 bridgehead atoms. The van der Waals surface area contributed by atoms with Crippen LogP contribution in [-0.4, -0.2) is 65.9 Å². The van der Waals surface area contributed by atoms with Crippen molar-refractivity contribution in [2.24, 2.45) is 7.05 Å². The van der Waals surface area contributed by atoms with Gasteiger partial charge in [0.15, 0.2) is 5.82 Å². The first kappa shape index (κ1) is 30.4. The van der Waals surface area contributed by atoms with Crippen molar-refractivity contribution >= 4 is 28.7 Å². The number of nitrogens with one attached hydrogen (secondary N) is 2. The van der Waals surface area contributed by atoms with E-state index in [1.807, 2.05) is 39.2 Å². The maximum Gasteiger partial charge on any atom is 0.419 e. The summed E-state index contributed by atoms with van der Waals surface area (Å²) in [5.41, 5.74) is 5.98. The third kappa shape index (κ3) is 6.32. The molecule has 0 unspecified atom stereocenters. The molecular weight excluding hydrogens is 564 g/mol. The van der Waals surface area contributed by atoms with E-state index >= 15 is 4.39 Å². The van der Waals surface area contributed by atoms with Crippen molar-refractivity contribution in [1.82, 2.24) is 25.2 Å². The summed E-state index contributed by atoms with van der Waals surface area (Å²) in [7, 11) is 5.28. The number of hydrogen-bond donors (Lipinski definition) is 2. The first-order valence-corrected chi connectivity index (χ1v) is 14.1. The van der Waals surface area contributed by atoms with Crippen molar-refractivity contribution < 1.29 is 22.4 Å². The first-order chi connectivity index (χ1) is 20.3. The van der Waals surface area contributed by atoms with Crippen molar-refractivity contribution in [3.05, 3.63) is 76.5 Å². The van der Waals surface area contributed by atoms with E-state index < -0.39 is 23.5 Å². The average Bonchev–Trinajstić information content (AvgIpc) is 3.69. The van der Waals surface area contributed by atoms with Crippen LogP contribution in [0.3, 0.4) is 0 Å². The van der Waals surface area contributed by atoms with Crippen molar-refractivity contribution in [1.29, 1.82) is 0 Å². The van der Waals surface area contributed by atoms with Gasteiger partial charge in [0.2, 0.25) is 0 Å². The maximum atomic E-state index is 15.1. The smallest absolute Gasteiger partial charge is 0.371 e. The van der Waals surface area contributed by atoms with E-state index in [9.17, 15) is 18.0 Å².